The van der Waals surface area contributed by atoms with E-state index in [9.17, 15) is 4.79 Å². The predicted molar refractivity (Wildman–Crippen MR) is 72.5 cm³/mol. The minimum atomic E-state index is -0.128. The average Bonchev–Trinajstić information content (AvgIpc) is 2.38. The Morgan fingerprint density at radius 1 is 1.53 bits per heavy atom. The minimum Gasteiger partial charge on any atom is -0.395 e. The zero-order valence-corrected chi connectivity index (χ0v) is 11.1. The molecule has 1 fully saturated rings. The quantitative estimate of drug-likeness (QED) is 0.807. The number of nitrogens with one attached hydrogen (secondary N) is 1. The van der Waals surface area contributed by atoms with Crippen LogP contribution in [0.1, 0.15) is 48.7 Å². The molecule has 0 aromatic carbocycles. The van der Waals surface area contributed by atoms with Crippen molar-refractivity contribution in [1.82, 2.24) is 10.3 Å². The van der Waals surface area contributed by atoms with E-state index in [1.807, 2.05) is 0 Å². The first-order valence-corrected chi connectivity index (χ1v) is 6.51. The number of amides is 1. The number of carbonyl (C=O) groups is 1. The van der Waals surface area contributed by atoms with Gasteiger partial charge in [-0.05, 0) is 38.3 Å². The third-order valence-electron chi connectivity index (χ3n) is 3.34. The van der Waals surface area contributed by atoms with Crippen LogP contribution in [0.4, 0.5) is 0 Å². The van der Waals surface area contributed by atoms with E-state index >= 15 is 0 Å². The van der Waals surface area contributed by atoms with Crippen molar-refractivity contribution in [3.8, 4) is 11.8 Å². The Bertz CT molecular complexity index is 507. The zero-order chi connectivity index (χ0) is 13.7. The summed E-state index contributed by atoms with van der Waals surface area (Å²) in [5.41, 5.74) is 1.11. The summed E-state index contributed by atoms with van der Waals surface area (Å²) in [5, 5.41) is 11.6. The molecule has 2 N–H and O–H groups in total. The lowest BCUT2D eigenvalue weighted by molar-refractivity contribution is 0.0845. The largest absolute Gasteiger partial charge is 0.395 e. The SMILES string of the molecule is CC1(NC(=O)c2ccc(C#CCCO)cn2)CCC1. The van der Waals surface area contributed by atoms with E-state index in [2.05, 4.69) is 29.1 Å². The van der Waals surface area contributed by atoms with Gasteiger partial charge in [-0.3, -0.25) is 4.79 Å². The van der Waals surface area contributed by atoms with Crippen LogP contribution >= 0.6 is 0 Å². The van der Waals surface area contributed by atoms with Crippen molar-refractivity contribution in [2.45, 2.75) is 38.1 Å². The van der Waals surface area contributed by atoms with Crippen molar-refractivity contribution in [2.75, 3.05) is 6.61 Å². The molecule has 4 nitrogen and oxygen atoms in total. The van der Waals surface area contributed by atoms with Gasteiger partial charge in [-0.1, -0.05) is 11.8 Å². The third-order valence-corrected chi connectivity index (χ3v) is 3.34. The van der Waals surface area contributed by atoms with Crippen molar-refractivity contribution in [2.24, 2.45) is 0 Å². The van der Waals surface area contributed by atoms with Crippen LogP contribution in [0.25, 0.3) is 0 Å². The minimum absolute atomic E-state index is 0.0551. The average molecular weight is 258 g/mol. The van der Waals surface area contributed by atoms with Crippen LogP contribution in [-0.4, -0.2) is 28.1 Å². The number of pyridine rings is 1. The summed E-state index contributed by atoms with van der Waals surface area (Å²) < 4.78 is 0. The van der Waals surface area contributed by atoms with Crippen molar-refractivity contribution in [1.29, 1.82) is 0 Å². The molecule has 19 heavy (non-hydrogen) atoms. The van der Waals surface area contributed by atoms with Crippen LogP contribution in [0, 0.1) is 11.8 Å². The number of hydrogen-bond acceptors (Lipinski definition) is 3. The Balaban J connectivity index is 1.98. The van der Waals surface area contributed by atoms with Gasteiger partial charge in [0.2, 0.25) is 0 Å². The Hall–Kier alpha value is -1.86. The number of hydrogen-bond donors (Lipinski definition) is 2. The lowest BCUT2D eigenvalue weighted by Crippen LogP contribution is -2.51. The van der Waals surface area contributed by atoms with Gasteiger partial charge in [-0.25, -0.2) is 4.98 Å². The first-order valence-electron chi connectivity index (χ1n) is 6.51. The number of aromatic nitrogens is 1. The molecule has 2 rings (SSSR count). The molecule has 1 aliphatic rings. The molecular formula is C15H18N2O2. The van der Waals surface area contributed by atoms with Gasteiger partial charge in [0.1, 0.15) is 5.69 Å². The zero-order valence-electron chi connectivity index (χ0n) is 11.1. The van der Waals surface area contributed by atoms with Crippen molar-refractivity contribution >= 4 is 5.91 Å². The normalized spacial score (nSPS) is 15.9. The van der Waals surface area contributed by atoms with Crippen LogP contribution in [0.2, 0.25) is 0 Å². The molecule has 1 saturated carbocycles. The summed E-state index contributed by atoms with van der Waals surface area (Å²) in [6.45, 7) is 2.11. The molecule has 0 aliphatic heterocycles. The lowest BCUT2D eigenvalue weighted by Gasteiger charge is -2.38. The molecule has 0 radical (unpaired) electrons. The van der Waals surface area contributed by atoms with E-state index in [-0.39, 0.29) is 18.1 Å². The van der Waals surface area contributed by atoms with Gasteiger partial charge in [0.15, 0.2) is 0 Å². The van der Waals surface area contributed by atoms with E-state index < -0.39 is 0 Å². The molecule has 1 aliphatic carbocycles. The maximum absolute atomic E-state index is 12.0. The summed E-state index contributed by atoms with van der Waals surface area (Å²) in [4.78, 5) is 16.1. The maximum Gasteiger partial charge on any atom is 0.270 e. The summed E-state index contributed by atoms with van der Waals surface area (Å²) in [6, 6.07) is 3.45. The van der Waals surface area contributed by atoms with Crippen LogP contribution in [0.3, 0.4) is 0 Å². The maximum atomic E-state index is 12.0. The fourth-order valence-electron chi connectivity index (χ4n) is 1.99. The third kappa shape index (κ3) is 3.55. The standard InChI is InChI=1S/C15H18N2O2/c1-15(8-4-9-15)17-14(19)13-7-6-12(11-16-13)5-2-3-10-18/h6-7,11,18H,3-4,8-10H2,1H3,(H,17,19). The molecule has 0 spiro atoms. The van der Waals surface area contributed by atoms with E-state index in [1.165, 1.54) is 6.42 Å². The second-order valence-electron chi connectivity index (χ2n) is 5.08. The number of carbonyl (C=O) groups excluding carboxylic acids is 1. The van der Waals surface area contributed by atoms with Gasteiger partial charge in [0.25, 0.3) is 5.91 Å². The lowest BCUT2D eigenvalue weighted by atomic mass is 9.78. The summed E-state index contributed by atoms with van der Waals surface area (Å²) in [6.07, 6.45) is 5.26. The number of rotatable bonds is 3. The molecule has 1 aromatic heterocycles. The van der Waals surface area contributed by atoms with E-state index in [0.29, 0.717) is 12.1 Å². The van der Waals surface area contributed by atoms with Gasteiger partial charge in [0, 0.05) is 23.7 Å². The van der Waals surface area contributed by atoms with Gasteiger partial charge in [-0.2, -0.15) is 0 Å². The molecule has 1 amide bonds. The van der Waals surface area contributed by atoms with E-state index in [1.54, 1.807) is 18.3 Å². The van der Waals surface area contributed by atoms with Crippen molar-refractivity contribution < 1.29 is 9.90 Å². The van der Waals surface area contributed by atoms with E-state index in [0.717, 1.165) is 18.4 Å². The molecule has 4 heteroatoms. The second kappa shape index (κ2) is 5.85. The second-order valence-corrected chi connectivity index (χ2v) is 5.08. The first kappa shape index (κ1) is 13.6. The smallest absolute Gasteiger partial charge is 0.270 e. The molecule has 100 valence electrons. The highest BCUT2D eigenvalue weighted by Gasteiger charge is 2.33. The summed E-state index contributed by atoms with van der Waals surface area (Å²) in [5.74, 6) is 5.57. The Kier molecular flexibility index (Phi) is 4.18. The fraction of sp³-hybridized carbons (Fsp3) is 0.467. The van der Waals surface area contributed by atoms with Crippen LogP contribution in [-0.2, 0) is 0 Å². The van der Waals surface area contributed by atoms with Gasteiger partial charge in [0.05, 0.1) is 6.61 Å². The highest BCUT2D eigenvalue weighted by molar-refractivity contribution is 5.92. The molecule has 0 unspecified atom stereocenters. The highest BCUT2D eigenvalue weighted by Crippen LogP contribution is 2.31. The highest BCUT2D eigenvalue weighted by atomic mass is 16.2. The number of aliphatic hydroxyl groups is 1. The van der Waals surface area contributed by atoms with Crippen LogP contribution < -0.4 is 5.32 Å². The molecule has 0 saturated heterocycles. The number of nitrogens with zero attached hydrogens (tertiary/aromatic N) is 1. The molecule has 1 heterocycles. The van der Waals surface area contributed by atoms with Gasteiger partial charge in [-0.15, -0.1) is 0 Å². The van der Waals surface area contributed by atoms with Gasteiger partial charge >= 0.3 is 0 Å². The Labute approximate surface area is 113 Å². The topological polar surface area (TPSA) is 62.2 Å². The Morgan fingerprint density at radius 3 is 2.84 bits per heavy atom. The summed E-state index contributed by atoms with van der Waals surface area (Å²) >= 11 is 0. The molecule has 1 aromatic rings. The van der Waals surface area contributed by atoms with Gasteiger partial charge < -0.3 is 10.4 Å². The first-order chi connectivity index (χ1) is 9.13. The molecule has 0 atom stereocenters. The van der Waals surface area contributed by atoms with Crippen LogP contribution in [0.15, 0.2) is 18.3 Å². The van der Waals surface area contributed by atoms with Crippen LogP contribution in [0.5, 0.6) is 0 Å². The predicted octanol–water partition coefficient (Wildman–Crippen LogP) is 1.49. The van der Waals surface area contributed by atoms with Crippen molar-refractivity contribution in [3.05, 3.63) is 29.6 Å². The number of aliphatic hydroxyl groups excluding tert-OH is 1. The molecular weight excluding hydrogens is 240 g/mol. The Morgan fingerprint density at radius 2 is 2.32 bits per heavy atom. The monoisotopic (exact) mass is 258 g/mol. The summed E-state index contributed by atoms with van der Waals surface area (Å²) in [7, 11) is 0. The van der Waals surface area contributed by atoms with E-state index in [4.69, 9.17) is 5.11 Å². The fourth-order valence-corrected chi connectivity index (χ4v) is 1.99. The van der Waals surface area contributed by atoms with Crippen molar-refractivity contribution in [3.63, 3.8) is 0 Å². The molecule has 0 bridgehead atoms.